The second-order valence-corrected chi connectivity index (χ2v) is 6.64. The number of aromatic nitrogens is 1. The molecule has 120 valence electrons. The number of halogens is 2. The first-order valence-corrected chi connectivity index (χ1v) is 8.34. The Hall–Kier alpha value is -1.48. The lowest BCUT2D eigenvalue weighted by molar-refractivity contribution is -0.931. The summed E-state index contributed by atoms with van der Waals surface area (Å²) in [6.45, 7) is 2.34. The van der Waals surface area contributed by atoms with E-state index in [0.29, 0.717) is 6.04 Å². The van der Waals surface area contributed by atoms with E-state index in [1.165, 1.54) is 41.4 Å². The molecule has 1 aliphatic rings. The molecule has 4 heteroatoms. The fourth-order valence-electron chi connectivity index (χ4n) is 3.76. The number of quaternary nitrogens is 1. The van der Waals surface area contributed by atoms with Crippen molar-refractivity contribution in [1.29, 1.82) is 0 Å². The number of H-pyrrole nitrogens is 1. The van der Waals surface area contributed by atoms with Gasteiger partial charge in [-0.05, 0) is 18.2 Å². The first-order chi connectivity index (χ1) is 10.8. The maximum absolute atomic E-state index is 6.20. The van der Waals surface area contributed by atoms with Crippen LogP contribution in [0.5, 0.6) is 0 Å². The van der Waals surface area contributed by atoms with E-state index in [4.69, 9.17) is 11.6 Å². The van der Waals surface area contributed by atoms with Crippen molar-refractivity contribution < 1.29 is 17.3 Å². The summed E-state index contributed by atoms with van der Waals surface area (Å²) >= 11 is 6.20. The number of fused-ring (bicyclic) bond motifs is 1. The second kappa shape index (κ2) is 6.96. The van der Waals surface area contributed by atoms with Gasteiger partial charge in [-0.3, -0.25) is 0 Å². The van der Waals surface area contributed by atoms with E-state index >= 15 is 0 Å². The summed E-state index contributed by atoms with van der Waals surface area (Å²) in [4.78, 5) is 5.06. The van der Waals surface area contributed by atoms with Gasteiger partial charge in [-0.25, -0.2) is 0 Å². The summed E-state index contributed by atoms with van der Waals surface area (Å²) in [5.74, 6) is 0. The third-order valence-corrected chi connectivity index (χ3v) is 5.04. The molecule has 23 heavy (non-hydrogen) atoms. The van der Waals surface area contributed by atoms with E-state index in [0.717, 1.165) is 11.6 Å². The van der Waals surface area contributed by atoms with Gasteiger partial charge in [0, 0.05) is 46.1 Å². The normalized spacial score (nSPS) is 20.6. The molecule has 2 atom stereocenters. The van der Waals surface area contributed by atoms with Crippen LogP contribution in [-0.2, 0) is 6.54 Å². The highest BCUT2D eigenvalue weighted by molar-refractivity contribution is 6.31. The predicted octanol–water partition coefficient (Wildman–Crippen LogP) is 0.745. The van der Waals surface area contributed by atoms with Crippen molar-refractivity contribution in [3.8, 4) is 0 Å². The minimum absolute atomic E-state index is 0. The maximum Gasteiger partial charge on any atom is 0.116 e. The van der Waals surface area contributed by atoms with Crippen molar-refractivity contribution in [3.63, 3.8) is 0 Å². The van der Waals surface area contributed by atoms with E-state index in [1.54, 1.807) is 4.90 Å². The van der Waals surface area contributed by atoms with Gasteiger partial charge in [-0.2, -0.15) is 0 Å². The zero-order valence-electron chi connectivity index (χ0n) is 12.9. The van der Waals surface area contributed by atoms with Crippen LogP contribution in [-0.4, -0.2) is 11.5 Å². The number of nitrogens with one attached hydrogen (secondary N) is 2. The molecule has 0 amide bonds. The van der Waals surface area contributed by atoms with Crippen molar-refractivity contribution in [1.82, 2.24) is 4.98 Å². The minimum atomic E-state index is 0. The lowest BCUT2D eigenvalue weighted by Crippen LogP contribution is -3.08. The SMILES string of the molecule is Clc1ccc2[nH]cc(C3CCC[NH+]3Cc3ccccc3)c2c1.[Cl-]. The lowest BCUT2D eigenvalue weighted by Gasteiger charge is -2.21. The Bertz CT molecular complexity index is 782. The molecule has 0 spiro atoms. The van der Waals surface area contributed by atoms with Crippen molar-refractivity contribution in [3.05, 3.63) is 70.9 Å². The first-order valence-electron chi connectivity index (χ1n) is 7.96. The Labute approximate surface area is 147 Å². The van der Waals surface area contributed by atoms with E-state index in [9.17, 15) is 0 Å². The smallest absolute Gasteiger partial charge is 0.116 e. The molecule has 0 bridgehead atoms. The fourth-order valence-corrected chi connectivity index (χ4v) is 3.93. The zero-order chi connectivity index (χ0) is 14.9. The van der Waals surface area contributed by atoms with Crippen molar-refractivity contribution in [2.45, 2.75) is 25.4 Å². The average Bonchev–Trinajstić information content (AvgIpc) is 3.14. The van der Waals surface area contributed by atoms with Gasteiger partial charge in [-0.15, -0.1) is 0 Å². The molecule has 1 aliphatic heterocycles. The zero-order valence-corrected chi connectivity index (χ0v) is 14.4. The number of benzene rings is 2. The Morgan fingerprint density at radius 1 is 1.13 bits per heavy atom. The van der Waals surface area contributed by atoms with Crippen LogP contribution in [0.1, 0.15) is 30.0 Å². The molecule has 3 aromatic rings. The largest absolute Gasteiger partial charge is 1.00 e. The van der Waals surface area contributed by atoms with Crippen molar-refractivity contribution >= 4 is 22.5 Å². The minimum Gasteiger partial charge on any atom is -1.00 e. The van der Waals surface area contributed by atoms with Gasteiger partial charge in [0.1, 0.15) is 12.6 Å². The summed E-state index contributed by atoms with van der Waals surface area (Å²) < 4.78 is 0. The molecule has 2 N–H and O–H groups in total. The third kappa shape index (κ3) is 3.25. The fraction of sp³-hybridized carbons (Fsp3) is 0.263. The van der Waals surface area contributed by atoms with Gasteiger partial charge in [0.25, 0.3) is 0 Å². The summed E-state index contributed by atoms with van der Waals surface area (Å²) in [6, 6.07) is 17.5. The van der Waals surface area contributed by atoms with Crippen molar-refractivity contribution in [2.75, 3.05) is 6.54 Å². The molecule has 2 aromatic carbocycles. The summed E-state index contributed by atoms with van der Waals surface area (Å²) in [5, 5.41) is 2.10. The number of aromatic amines is 1. The lowest BCUT2D eigenvalue weighted by atomic mass is 10.0. The van der Waals surface area contributed by atoms with Crippen LogP contribution >= 0.6 is 11.6 Å². The number of hydrogen-bond donors (Lipinski definition) is 2. The van der Waals surface area contributed by atoms with Crippen molar-refractivity contribution in [2.24, 2.45) is 0 Å². The molecule has 0 radical (unpaired) electrons. The number of hydrogen-bond acceptors (Lipinski definition) is 0. The number of likely N-dealkylation sites (tertiary alicyclic amines) is 1. The summed E-state index contributed by atoms with van der Waals surface area (Å²) in [7, 11) is 0. The molecule has 1 fully saturated rings. The number of rotatable bonds is 3. The average molecular weight is 347 g/mol. The highest BCUT2D eigenvalue weighted by Crippen LogP contribution is 2.29. The molecule has 4 rings (SSSR count). The molecule has 0 aliphatic carbocycles. The van der Waals surface area contributed by atoms with Gasteiger partial charge in [0.15, 0.2) is 0 Å². The second-order valence-electron chi connectivity index (χ2n) is 6.20. The monoisotopic (exact) mass is 346 g/mol. The molecule has 1 aromatic heterocycles. The molecule has 0 saturated carbocycles. The molecule has 2 nitrogen and oxygen atoms in total. The molecule has 2 heterocycles. The van der Waals surface area contributed by atoms with Gasteiger partial charge < -0.3 is 22.3 Å². The maximum atomic E-state index is 6.20. The Morgan fingerprint density at radius 2 is 1.96 bits per heavy atom. The van der Waals surface area contributed by atoms with E-state index < -0.39 is 0 Å². The van der Waals surface area contributed by atoms with Crippen LogP contribution in [0.3, 0.4) is 0 Å². The van der Waals surface area contributed by atoms with Gasteiger partial charge >= 0.3 is 0 Å². The Balaban J connectivity index is 0.00000156. The van der Waals surface area contributed by atoms with Gasteiger partial charge in [0.2, 0.25) is 0 Å². The standard InChI is InChI=1S/C19H19ClN2.ClH/c20-15-8-9-18-16(11-15)17(12-21-18)19-7-4-10-22(19)13-14-5-2-1-3-6-14;/h1-3,5-6,8-9,11-12,19,21H,4,7,10,13H2;1H. The topological polar surface area (TPSA) is 20.2 Å². The molecular formula is C19H20Cl2N2. The Kier molecular flexibility index (Phi) is 4.96. The van der Waals surface area contributed by atoms with Crippen LogP contribution < -0.4 is 17.3 Å². The molecular weight excluding hydrogens is 327 g/mol. The van der Waals surface area contributed by atoms with E-state index in [-0.39, 0.29) is 12.4 Å². The van der Waals surface area contributed by atoms with Crippen LogP contribution in [0, 0.1) is 0 Å². The highest BCUT2D eigenvalue weighted by atomic mass is 35.5. The third-order valence-electron chi connectivity index (χ3n) is 4.81. The summed E-state index contributed by atoms with van der Waals surface area (Å²) in [5.41, 5.74) is 4.02. The summed E-state index contributed by atoms with van der Waals surface area (Å²) in [6.07, 6.45) is 4.73. The quantitative estimate of drug-likeness (QED) is 0.697. The molecule has 2 unspecified atom stereocenters. The van der Waals surface area contributed by atoms with Crippen LogP contribution in [0.4, 0.5) is 0 Å². The van der Waals surface area contributed by atoms with Crippen LogP contribution in [0.25, 0.3) is 10.9 Å². The van der Waals surface area contributed by atoms with Crippen LogP contribution in [0.15, 0.2) is 54.7 Å². The van der Waals surface area contributed by atoms with Crippen LogP contribution in [0.2, 0.25) is 5.02 Å². The van der Waals surface area contributed by atoms with E-state index in [2.05, 4.69) is 53.6 Å². The van der Waals surface area contributed by atoms with Gasteiger partial charge in [-0.1, -0.05) is 41.9 Å². The molecule has 1 saturated heterocycles. The Morgan fingerprint density at radius 3 is 2.78 bits per heavy atom. The predicted molar refractivity (Wildman–Crippen MR) is 91.3 cm³/mol. The van der Waals surface area contributed by atoms with Gasteiger partial charge in [0.05, 0.1) is 6.54 Å². The first kappa shape index (κ1) is 16.4. The van der Waals surface area contributed by atoms with E-state index in [1.807, 2.05) is 6.07 Å². The highest BCUT2D eigenvalue weighted by Gasteiger charge is 2.31.